The van der Waals surface area contributed by atoms with Gasteiger partial charge in [-0.25, -0.2) is 18.9 Å². The maximum atomic E-state index is 13.4. The Balaban J connectivity index is 1.62. The van der Waals surface area contributed by atoms with Crippen molar-refractivity contribution in [3.05, 3.63) is 96.1 Å². The predicted octanol–water partition coefficient (Wildman–Crippen LogP) is 4.51. The second-order valence-electron chi connectivity index (χ2n) is 6.97. The van der Waals surface area contributed by atoms with Gasteiger partial charge in [-0.05, 0) is 55.5 Å². The Kier molecular flexibility index (Phi) is 6.54. The molecule has 166 valence electrons. The molecule has 0 atom stereocenters. The number of ketones is 1. The molecule has 0 aliphatic rings. The van der Waals surface area contributed by atoms with E-state index in [1.807, 2.05) is 6.92 Å². The number of esters is 1. The molecule has 0 spiro atoms. The van der Waals surface area contributed by atoms with Crippen molar-refractivity contribution in [1.82, 2.24) is 14.8 Å². The molecule has 7 nitrogen and oxygen atoms in total. The van der Waals surface area contributed by atoms with Crippen LogP contribution in [0.4, 0.5) is 4.39 Å². The monoisotopic (exact) mass is 445 g/mol. The molecule has 3 aromatic carbocycles. The first-order valence-electron chi connectivity index (χ1n) is 10.3. The smallest absolute Gasteiger partial charge is 0.378 e. The molecular weight excluding hydrogens is 425 g/mol. The number of carbonyl (C=O) groups is 2. The number of nitrogens with zero attached hydrogens (tertiary/aromatic N) is 3. The molecule has 0 fully saturated rings. The second kappa shape index (κ2) is 9.86. The van der Waals surface area contributed by atoms with E-state index in [2.05, 4.69) is 10.1 Å². The Morgan fingerprint density at radius 3 is 2.30 bits per heavy atom. The van der Waals surface area contributed by atoms with Gasteiger partial charge in [0.1, 0.15) is 11.6 Å². The molecule has 0 amide bonds. The molecule has 1 aromatic heterocycles. The minimum atomic E-state index is -0.840. The maximum absolute atomic E-state index is 13.4. The fourth-order valence-electron chi connectivity index (χ4n) is 3.12. The van der Waals surface area contributed by atoms with Gasteiger partial charge >= 0.3 is 5.97 Å². The third-order valence-corrected chi connectivity index (χ3v) is 4.71. The lowest BCUT2D eigenvalue weighted by Gasteiger charge is -2.07. The summed E-state index contributed by atoms with van der Waals surface area (Å²) in [5.41, 5.74) is 1.60. The van der Waals surface area contributed by atoms with Crippen molar-refractivity contribution in [2.24, 2.45) is 0 Å². The number of rotatable bonds is 8. The van der Waals surface area contributed by atoms with Crippen molar-refractivity contribution in [3.63, 3.8) is 0 Å². The highest BCUT2D eigenvalue weighted by molar-refractivity contribution is 5.98. The number of aromatic nitrogens is 3. The van der Waals surface area contributed by atoms with E-state index >= 15 is 0 Å². The fraction of sp³-hybridized carbons (Fsp3) is 0.120. The van der Waals surface area contributed by atoms with Crippen LogP contribution in [0.25, 0.3) is 17.1 Å². The van der Waals surface area contributed by atoms with Crippen LogP contribution >= 0.6 is 0 Å². The maximum Gasteiger partial charge on any atom is 0.378 e. The van der Waals surface area contributed by atoms with Crippen LogP contribution in [0.2, 0.25) is 0 Å². The standard InChI is InChI=1S/C25H20FN3O4/c1-2-32-21-14-12-20(13-15-21)29-24(18-8-10-19(26)11-9-18)27-23(28-29)25(31)33-16-22(30)17-6-4-3-5-7-17/h3-15H,2,16H2,1H3. The average molecular weight is 445 g/mol. The van der Waals surface area contributed by atoms with E-state index in [1.54, 1.807) is 66.7 Å². The van der Waals surface area contributed by atoms with E-state index in [0.717, 1.165) is 0 Å². The zero-order valence-electron chi connectivity index (χ0n) is 17.8. The topological polar surface area (TPSA) is 83.3 Å². The Bertz CT molecular complexity index is 1250. The summed E-state index contributed by atoms with van der Waals surface area (Å²) in [5, 5.41) is 4.29. The lowest BCUT2D eigenvalue weighted by atomic mass is 10.1. The van der Waals surface area contributed by atoms with Gasteiger partial charge in [-0.15, -0.1) is 5.10 Å². The van der Waals surface area contributed by atoms with Crippen molar-refractivity contribution >= 4 is 11.8 Å². The minimum Gasteiger partial charge on any atom is -0.494 e. The quantitative estimate of drug-likeness (QED) is 0.293. The van der Waals surface area contributed by atoms with Gasteiger partial charge < -0.3 is 9.47 Å². The molecule has 0 saturated heterocycles. The normalized spacial score (nSPS) is 10.6. The zero-order valence-corrected chi connectivity index (χ0v) is 17.8. The molecule has 1 heterocycles. The van der Waals surface area contributed by atoms with Crippen molar-refractivity contribution in [2.75, 3.05) is 13.2 Å². The first-order valence-corrected chi connectivity index (χ1v) is 10.3. The Hall–Kier alpha value is -4.33. The lowest BCUT2D eigenvalue weighted by molar-refractivity contribution is 0.0462. The van der Waals surface area contributed by atoms with E-state index in [-0.39, 0.29) is 11.6 Å². The molecule has 0 bridgehead atoms. The van der Waals surface area contributed by atoms with Gasteiger partial charge in [-0.1, -0.05) is 30.3 Å². The van der Waals surface area contributed by atoms with Crippen LogP contribution in [0.3, 0.4) is 0 Å². The van der Waals surface area contributed by atoms with Gasteiger partial charge in [0.15, 0.2) is 18.2 Å². The summed E-state index contributed by atoms with van der Waals surface area (Å²) >= 11 is 0. The molecule has 0 saturated carbocycles. The predicted molar refractivity (Wildman–Crippen MR) is 119 cm³/mol. The molecule has 8 heteroatoms. The van der Waals surface area contributed by atoms with E-state index in [1.165, 1.54) is 16.8 Å². The molecule has 4 aromatic rings. The fourth-order valence-corrected chi connectivity index (χ4v) is 3.12. The molecule has 0 aliphatic heterocycles. The van der Waals surface area contributed by atoms with Crippen LogP contribution in [0.15, 0.2) is 78.9 Å². The van der Waals surface area contributed by atoms with E-state index in [9.17, 15) is 14.0 Å². The number of Topliss-reactive ketones (excluding diaryl/α,β-unsaturated/α-hetero) is 1. The Morgan fingerprint density at radius 1 is 0.939 bits per heavy atom. The van der Waals surface area contributed by atoms with Gasteiger partial charge in [-0.2, -0.15) is 0 Å². The number of hydrogen-bond acceptors (Lipinski definition) is 6. The largest absolute Gasteiger partial charge is 0.494 e. The number of ether oxygens (including phenoxy) is 2. The first-order chi connectivity index (χ1) is 16.0. The summed E-state index contributed by atoms with van der Waals surface area (Å²) in [6.07, 6.45) is 0. The lowest BCUT2D eigenvalue weighted by Crippen LogP contribution is -2.15. The Morgan fingerprint density at radius 2 is 1.64 bits per heavy atom. The SMILES string of the molecule is CCOc1ccc(-n2nc(C(=O)OCC(=O)c3ccccc3)nc2-c2ccc(F)cc2)cc1. The highest BCUT2D eigenvalue weighted by Crippen LogP contribution is 2.23. The summed E-state index contributed by atoms with van der Waals surface area (Å²) < 4.78 is 25.5. The van der Waals surface area contributed by atoms with Gasteiger partial charge in [0.25, 0.3) is 5.82 Å². The average Bonchev–Trinajstić information content (AvgIpc) is 3.29. The van der Waals surface area contributed by atoms with E-state index < -0.39 is 18.4 Å². The van der Waals surface area contributed by atoms with Crippen LogP contribution < -0.4 is 4.74 Å². The second-order valence-corrected chi connectivity index (χ2v) is 6.97. The third-order valence-electron chi connectivity index (χ3n) is 4.71. The summed E-state index contributed by atoms with van der Waals surface area (Å²) in [4.78, 5) is 29.2. The molecule has 0 aliphatic carbocycles. The van der Waals surface area contributed by atoms with Crippen LogP contribution in [-0.4, -0.2) is 39.7 Å². The van der Waals surface area contributed by atoms with Crippen LogP contribution in [0.5, 0.6) is 5.75 Å². The minimum absolute atomic E-state index is 0.218. The molecule has 0 radical (unpaired) electrons. The highest BCUT2D eigenvalue weighted by atomic mass is 19.1. The first kappa shape index (κ1) is 21.9. The van der Waals surface area contributed by atoms with E-state index in [4.69, 9.17) is 9.47 Å². The van der Waals surface area contributed by atoms with Gasteiger partial charge in [0.2, 0.25) is 0 Å². The van der Waals surface area contributed by atoms with Crippen molar-refractivity contribution in [1.29, 1.82) is 0 Å². The highest BCUT2D eigenvalue weighted by Gasteiger charge is 2.21. The van der Waals surface area contributed by atoms with Crippen molar-refractivity contribution in [2.45, 2.75) is 6.92 Å². The van der Waals surface area contributed by atoms with E-state index in [0.29, 0.717) is 35.0 Å². The molecular formula is C25H20FN3O4. The summed E-state index contributed by atoms with van der Waals surface area (Å²) in [5.74, 6) is -0.792. The summed E-state index contributed by atoms with van der Waals surface area (Å²) in [6.45, 7) is 1.98. The number of carbonyl (C=O) groups excluding carboxylic acids is 2. The molecule has 33 heavy (non-hydrogen) atoms. The zero-order chi connectivity index (χ0) is 23.2. The summed E-state index contributed by atoms with van der Waals surface area (Å²) in [6, 6.07) is 21.3. The van der Waals surface area contributed by atoms with Crippen LogP contribution in [0, 0.1) is 5.82 Å². The molecule has 0 unspecified atom stereocenters. The van der Waals surface area contributed by atoms with Gasteiger partial charge in [-0.3, -0.25) is 4.79 Å². The van der Waals surface area contributed by atoms with Crippen molar-refractivity contribution < 1.29 is 23.5 Å². The Labute approximate surface area is 189 Å². The van der Waals surface area contributed by atoms with Crippen molar-refractivity contribution in [3.8, 4) is 22.8 Å². The number of benzene rings is 3. The molecule has 0 N–H and O–H groups in total. The van der Waals surface area contributed by atoms with Gasteiger partial charge in [0.05, 0.1) is 12.3 Å². The third kappa shape index (κ3) is 5.12. The molecule has 4 rings (SSSR count). The van der Waals surface area contributed by atoms with Crippen LogP contribution in [0.1, 0.15) is 27.9 Å². The van der Waals surface area contributed by atoms with Crippen LogP contribution in [-0.2, 0) is 4.74 Å². The summed E-state index contributed by atoms with van der Waals surface area (Å²) in [7, 11) is 0. The number of hydrogen-bond donors (Lipinski definition) is 0. The van der Waals surface area contributed by atoms with Gasteiger partial charge in [0, 0.05) is 11.1 Å². The number of halogens is 1.